The molecule has 0 spiro atoms. The molecule has 0 radical (unpaired) electrons. The van der Waals surface area contributed by atoms with E-state index in [9.17, 15) is 0 Å². The first-order chi connectivity index (χ1) is 9.19. The Morgan fingerprint density at radius 3 is 3.00 bits per heavy atom. The number of hydrogen-bond acceptors (Lipinski definition) is 3. The Labute approximate surface area is 116 Å². The molecule has 1 aliphatic rings. The molecule has 2 N–H and O–H groups in total. The predicted molar refractivity (Wildman–Crippen MR) is 79.4 cm³/mol. The number of nitrogens with two attached hydrogens (primary N) is 1. The van der Waals surface area contributed by atoms with Crippen molar-refractivity contribution in [3.05, 3.63) is 29.8 Å². The highest BCUT2D eigenvalue weighted by molar-refractivity contribution is 5.30. The van der Waals surface area contributed by atoms with Gasteiger partial charge in [-0.1, -0.05) is 19.1 Å². The topological polar surface area (TPSA) is 38.5 Å². The molecule has 1 saturated heterocycles. The highest BCUT2D eigenvalue weighted by atomic mass is 16.5. The quantitative estimate of drug-likeness (QED) is 0.907. The maximum Gasteiger partial charge on any atom is 0.119 e. The minimum absolute atomic E-state index is 0.0727. The lowest BCUT2D eigenvalue weighted by molar-refractivity contribution is 0.264. The van der Waals surface area contributed by atoms with E-state index in [1.54, 1.807) is 7.11 Å². The largest absolute Gasteiger partial charge is 0.497 e. The normalized spacial score (nSPS) is 22.8. The van der Waals surface area contributed by atoms with Gasteiger partial charge in [0.15, 0.2) is 0 Å². The highest BCUT2D eigenvalue weighted by Crippen LogP contribution is 2.21. The third-order valence-corrected chi connectivity index (χ3v) is 4.09. The fourth-order valence-electron chi connectivity index (χ4n) is 2.76. The number of ether oxygens (including phenoxy) is 1. The van der Waals surface area contributed by atoms with Gasteiger partial charge in [-0.25, -0.2) is 0 Å². The van der Waals surface area contributed by atoms with Gasteiger partial charge in [-0.05, 0) is 56.0 Å². The van der Waals surface area contributed by atoms with Crippen LogP contribution < -0.4 is 10.5 Å². The molecule has 3 nitrogen and oxygen atoms in total. The summed E-state index contributed by atoms with van der Waals surface area (Å²) < 4.78 is 5.26. The van der Waals surface area contributed by atoms with Crippen molar-refractivity contribution in [3.8, 4) is 5.75 Å². The minimum atomic E-state index is 0.0727. The Kier molecular flexibility index (Phi) is 5.23. The van der Waals surface area contributed by atoms with Crippen molar-refractivity contribution >= 4 is 0 Å². The van der Waals surface area contributed by atoms with Crippen molar-refractivity contribution in [2.24, 2.45) is 11.7 Å². The predicted octanol–water partition coefficient (Wildman–Crippen LogP) is 2.82. The van der Waals surface area contributed by atoms with E-state index in [-0.39, 0.29) is 6.04 Å². The zero-order valence-electron chi connectivity index (χ0n) is 12.1. The molecule has 0 aliphatic carbocycles. The molecular weight excluding hydrogens is 236 g/mol. The number of likely N-dealkylation sites (tertiary alicyclic amines) is 1. The number of methoxy groups -OCH3 is 1. The van der Waals surface area contributed by atoms with E-state index in [0.29, 0.717) is 0 Å². The first-order valence-corrected chi connectivity index (χ1v) is 7.31. The van der Waals surface area contributed by atoms with Crippen LogP contribution in [-0.2, 0) is 0 Å². The summed E-state index contributed by atoms with van der Waals surface area (Å²) in [5.41, 5.74) is 7.50. The zero-order valence-corrected chi connectivity index (χ0v) is 12.1. The van der Waals surface area contributed by atoms with Crippen molar-refractivity contribution in [3.63, 3.8) is 0 Å². The standard InChI is InChI=1S/C16H26N2O/c1-13-5-4-9-18(10-8-13)12-16(17)14-6-3-7-15(11-14)19-2/h3,6-7,11,13,16H,4-5,8-10,12,17H2,1-2H3. The summed E-state index contributed by atoms with van der Waals surface area (Å²) in [6.45, 7) is 5.66. The molecule has 0 amide bonds. The van der Waals surface area contributed by atoms with Crippen LogP contribution in [0.4, 0.5) is 0 Å². The van der Waals surface area contributed by atoms with Crippen LogP contribution in [0.1, 0.15) is 37.8 Å². The van der Waals surface area contributed by atoms with Crippen molar-refractivity contribution in [2.45, 2.75) is 32.2 Å². The van der Waals surface area contributed by atoms with E-state index >= 15 is 0 Å². The van der Waals surface area contributed by atoms with Crippen molar-refractivity contribution in [2.75, 3.05) is 26.7 Å². The number of benzene rings is 1. The van der Waals surface area contributed by atoms with E-state index in [0.717, 1.165) is 23.8 Å². The lowest BCUT2D eigenvalue weighted by atomic mass is 10.0. The Hall–Kier alpha value is -1.06. The van der Waals surface area contributed by atoms with E-state index in [2.05, 4.69) is 17.9 Å². The summed E-state index contributed by atoms with van der Waals surface area (Å²) in [5.74, 6) is 1.75. The van der Waals surface area contributed by atoms with Gasteiger partial charge in [0.05, 0.1) is 7.11 Å². The van der Waals surface area contributed by atoms with E-state index in [1.807, 2.05) is 18.2 Å². The molecule has 0 aromatic heterocycles. The smallest absolute Gasteiger partial charge is 0.119 e. The summed E-state index contributed by atoms with van der Waals surface area (Å²) in [7, 11) is 1.70. The van der Waals surface area contributed by atoms with Gasteiger partial charge in [0.2, 0.25) is 0 Å². The Morgan fingerprint density at radius 1 is 1.37 bits per heavy atom. The van der Waals surface area contributed by atoms with E-state index in [1.165, 1.54) is 32.4 Å². The second-order valence-electron chi connectivity index (χ2n) is 5.72. The van der Waals surface area contributed by atoms with Crippen molar-refractivity contribution in [1.82, 2.24) is 4.90 Å². The molecule has 1 aromatic carbocycles. The Bertz CT molecular complexity index is 394. The second-order valence-corrected chi connectivity index (χ2v) is 5.72. The third-order valence-electron chi connectivity index (χ3n) is 4.09. The molecule has 106 valence electrons. The van der Waals surface area contributed by atoms with Crippen LogP contribution in [0.5, 0.6) is 5.75 Å². The Morgan fingerprint density at radius 2 is 2.21 bits per heavy atom. The van der Waals surface area contributed by atoms with Crippen LogP contribution >= 0.6 is 0 Å². The van der Waals surface area contributed by atoms with Crippen LogP contribution in [0.3, 0.4) is 0 Å². The second kappa shape index (κ2) is 6.92. The molecule has 0 saturated carbocycles. The molecule has 2 rings (SSSR count). The van der Waals surface area contributed by atoms with Gasteiger partial charge in [0, 0.05) is 12.6 Å². The molecule has 2 unspecified atom stereocenters. The van der Waals surface area contributed by atoms with Gasteiger partial charge in [-0.2, -0.15) is 0 Å². The SMILES string of the molecule is COc1cccc(C(N)CN2CCCC(C)CC2)c1. The summed E-state index contributed by atoms with van der Waals surface area (Å²) in [5, 5.41) is 0. The molecule has 1 aliphatic heterocycles. The van der Waals surface area contributed by atoms with E-state index in [4.69, 9.17) is 10.5 Å². The molecule has 1 aromatic rings. The summed E-state index contributed by atoms with van der Waals surface area (Å²) in [4.78, 5) is 2.51. The van der Waals surface area contributed by atoms with Gasteiger partial charge in [0.1, 0.15) is 5.75 Å². The van der Waals surface area contributed by atoms with Gasteiger partial charge >= 0.3 is 0 Å². The summed E-state index contributed by atoms with van der Waals surface area (Å²) in [6.07, 6.45) is 3.95. The fourth-order valence-corrected chi connectivity index (χ4v) is 2.76. The molecule has 3 heteroatoms. The molecule has 19 heavy (non-hydrogen) atoms. The zero-order chi connectivity index (χ0) is 13.7. The molecular formula is C16H26N2O. The number of rotatable bonds is 4. The first kappa shape index (κ1) is 14.4. The monoisotopic (exact) mass is 262 g/mol. The average molecular weight is 262 g/mol. The van der Waals surface area contributed by atoms with Gasteiger partial charge in [0.25, 0.3) is 0 Å². The molecule has 2 atom stereocenters. The summed E-state index contributed by atoms with van der Waals surface area (Å²) in [6, 6.07) is 8.18. The van der Waals surface area contributed by atoms with Crippen LogP contribution in [0, 0.1) is 5.92 Å². The van der Waals surface area contributed by atoms with Crippen molar-refractivity contribution in [1.29, 1.82) is 0 Å². The molecule has 0 bridgehead atoms. The molecule has 1 heterocycles. The van der Waals surface area contributed by atoms with Crippen LogP contribution in [0.2, 0.25) is 0 Å². The number of hydrogen-bond donors (Lipinski definition) is 1. The average Bonchev–Trinajstić information content (AvgIpc) is 2.64. The van der Waals surface area contributed by atoms with Gasteiger partial charge in [-0.15, -0.1) is 0 Å². The maximum absolute atomic E-state index is 6.34. The maximum atomic E-state index is 6.34. The van der Waals surface area contributed by atoms with Crippen LogP contribution in [0.25, 0.3) is 0 Å². The first-order valence-electron chi connectivity index (χ1n) is 7.31. The van der Waals surface area contributed by atoms with Gasteiger partial charge < -0.3 is 15.4 Å². The fraction of sp³-hybridized carbons (Fsp3) is 0.625. The van der Waals surface area contributed by atoms with Crippen molar-refractivity contribution < 1.29 is 4.74 Å². The van der Waals surface area contributed by atoms with Crippen LogP contribution in [-0.4, -0.2) is 31.6 Å². The lowest BCUT2D eigenvalue weighted by Gasteiger charge is -2.24. The van der Waals surface area contributed by atoms with E-state index < -0.39 is 0 Å². The lowest BCUT2D eigenvalue weighted by Crippen LogP contribution is -2.33. The minimum Gasteiger partial charge on any atom is -0.497 e. The molecule has 1 fully saturated rings. The summed E-state index contributed by atoms with van der Waals surface area (Å²) >= 11 is 0. The highest BCUT2D eigenvalue weighted by Gasteiger charge is 2.17. The van der Waals surface area contributed by atoms with Crippen LogP contribution in [0.15, 0.2) is 24.3 Å². The third kappa shape index (κ3) is 4.22. The van der Waals surface area contributed by atoms with Gasteiger partial charge in [-0.3, -0.25) is 0 Å². The Balaban J connectivity index is 1.93. The number of nitrogens with zero attached hydrogens (tertiary/aromatic N) is 1.